The van der Waals surface area contributed by atoms with Crippen molar-refractivity contribution in [2.45, 2.75) is 11.8 Å². The van der Waals surface area contributed by atoms with Crippen LogP contribution in [0.5, 0.6) is 0 Å². The first-order chi connectivity index (χ1) is 7.24. The molecule has 0 aliphatic rings. The zero-order valence-corrected chi connectivity index (χ0v) is 9.17. The van der Waals surface area contributed by atoms with Crippen LogP contribution in [0.3, 0.4) is 0 Å². The van der Waals surface area contributed by atoms with Crippen molar-refractivity contribution in [3.63, 3.8) is 0 Å². The molecule has 0 spiro atoms. The minimum Gasteiger partial charge on any atom is -0.325 e. The van der Waals surface area contributed by atoms with E-state index in [2.05, 4.69) is 19.6 Å². The monoisotopic (exact) mass is 229 g/mol. The Morgan fingerprint density at radius 1 is 1.40 bits per heavy atom. The van der Waals surface area contributed by atoms with Crippen molar-refractivity contribution < 1.29 is 19.1 Å². The molecule has 1 amide bonds. The minimum atomic E-state index is -0.143. The van der Waals surface area contributed by atoms with Gasteiger partial charge in [-0.3, -0.25) is 4.79 Å². The molecule has 0 saturated carbocycles. The molecule has 0 heterocycles. The number of anilines is 1. The normalized spacial score (nSPS) is 10.0. The van der Waals surface area contributed by atoms with Gasteiger partial charge in [0.1, 0.15) is 0 Å². The lowest BCUT2D eigenvalue weighted by atomic mass is 10.3. The van der Waals surface area contributed by atoms with Gasteiger partial charge < -0.3 is 5.32 Å². The molecule has 6 heteroatoms. The largest absolute Gasteiger partial charge is 0.325 e. The molecule has 1 aromatic carbocycles. The third-order valence-corrected chi connectivity index (χ3v) is 2.08. The van der Waals surface area contributed by atoms with Crippen molar-refractivity contribution >= 4 is 23.6 Å². The second kappa shape index (κ2) is 6.41. The first-order valence-electron chi connectivity index (χ1n) is 4.14. The molecule has 0 aromatic heterocycles. The molecule has 0 bridgehead atoms. The topological polar surface area (TPSA) is 56.8 Å². The van der Waals surface area contributed by atoms with E-state index in [1.165, 1.54) is 14.0 Å². The van der Waals surface area contributed by atoms with Gasteiger partial charge in [0.25, 0.3) is 0 Å². The van der Waals surface area contributed by atoms with E-state index in [9.17, 15) is 4.79 Å². The van der Waals surface area contributed by atoms with Gasteiger partial charge >= 0.3 is 0 Å². The molecule has 1 rings (SSSR count). The van der Waals surface area contributed by atoms with Crippen molar-refractivity contribution in [3.05, 3.63) is 24.3 Å². The van der Waals surface area contributed by atoms with Crippen molar-refractivity contribution in [2.75, 3.05) is 12.4 Å². The molecule has 5 nitrogen and oxygen atoms in total. The fraction of sp³-hybridized carbons (Fsp3) is 0.222. The molecule has 0 aliphatic carbocycles. The van der Waals surface area contributed by atoms with Crippen LogP contribution in [0, 0.1) is 0 Å². The summed E-state index contributed by atoms with van der Waals surface area (Å²) in [7, 11) is 1.33. The lowest BCUT2D eigenvalue weighted by Crippen LogP contribution is -2.06. The van der Waals surface area contributed by atoms with Crippen LogP contribution in [-0.4, -0.2) is 13.0 Å². The lowest BCUT2D eigenvalue weighted by Gasteiger charge is -2.06. The van der Waals surface area contributed by atoms with Crippen LogP contribution >= 0.6 is 12.0 Å². The molecular weight excluding hydrogens is 218 g/mol. The maximum Gasteiger partial charge on any atom is 0.221 e. The van der Waals surface area contributed by atoms with Gasteiger partial charge in [0.2, 0.25) is 5.91 Å². The molecule has 0 saturated heterocycles. The molecule has 0 aliphatic heterocycles. The molecule has 1 N–H and O–H groups in total. The smallest absolute Gasteiger partial charge is 0.221 e. The average molecular weight is 229 g/mol. The maximum absolute atomic E-state index is 10.9. The van der Waals surface area contributed by atoms with E-state index in [4.69, 9.17) is 0 Å². The van der Waals surface area contributed by atoms with Crippen molar-refractivity contribution in [2.24, 2.45) is 0 Å². The van der Waals surface area contributed by atoms with E-state index >= 15 is 0 Å². The first kappa shape index (κ1) is 12.0. The highest BCUT2D eigenvalue weighted by Gasteiger charge is 2.04. The van der Waals surface area contributed by atoms with Gasteiger partial charge in [-0.05, 0) is 12.1 Å². The number of hydrogen-bond donors (Lipinski definition) is 1. The Kier molecular flexibility index (Phi) is 5.13. The van der Waals surface area contributed by atoms with Crippen LogP contribution in [0.25, 0.3) is 0 Å². The van der Waals surface area contributed by atoms with E-state index in [0.717, 1.165) is 16.9 Å². The Balaban J connectivity index is 2.64. The second-order valence-corrected chi connectivity index (χ2v) is 3.31. The van der Waals surface area contributed by atoms with Crippen molar-refractivity contribution in [1.82, 2.24) is 0 Å². The zero-order valence-electron chi connectivity index (χ0n) is 8.35. The summed E-state index contributed by atoms with van der Waals surface area (Å²) >= 11 is 0.952. The van der Waals surface area contributed by atoms with E-state index in [1.54, 1.807) is 12.1 Å². The van der Waals surface area contributed by atoms with E-state index in [0.29, 0.717) is 5.69 Å². The van der Waals surface area contributed by atoms with Crippen LogP contribution in [0.1, 0.15) is 6.92 Å². The SMILES string of the molecule is COOOSc1ccccc1NC(C)=O. The van der Waals surface area contributed by atoms with Crippen molar-refractivity contribution in [1.29, 1.82) is 0 Å². The summed E-state index contributed by atoms with van der Waals surface area (Å²) in [6.45, 7) is 1.44. The molecular formula is C9H11NO4S. The highest BCUT2D eigenvalue weighted by molar-refractivity contribution is 7.94. The molecule has 82 valence electrons. The summed E-state index contributed by atoms with van der Waals surface area (Å²) in [6.07, 6.45) is 0. The summed E-state index contributed by atoms with van der Waals surface area (Å²) < 4.78 is 4.63. The molecule has 0 fully saturated rings. The number of para-hydroxylation sites is 1. The Bertz CT molecular complexity index is 332. The third-order valence-electron chi connectivity index (χ3n) is 1.42. The zero-order chi connectivity index (χ0) is 11.1. The predicted molar refractivity (Wildman–Crippen MR) is 55.8 cm³/mol. The Morgan fingerprint density at radius 3 is 2.80 bits per heavy atom. The predicted octanol–water partition coefficient (Wildman–Crippen LogP) is 2.16. The Morgan fingerprint density at radius 2 is 2.13 bits per heavy atom. The average Bonchev–Trinajstić information content (AvgIpc) is 2.20. The molecule has 1 aromatic rings. The number of amides is 1. The van der Waals surface area contributed by atoms with Crippen LogP contribution in [0.4, 0.5) is 5.69 Å². The Labute approximate surface area is 91.8 Å². The molecule has 0 unspecified atom stereocenters. The molecule has 0 atom stereocenters. The van der Waals surface area contributed by atoms with E-state index in [-0.39, 0.29) is 5.91 Å². The standard InChI is InChI=1S/C9H11NO4S/c1-7(11)10-8-5-3-4-6-9(8)15-14-13-12-2/h3-6H,1-2H3,(H,10,11). The van der Waals surface area contributed by atoms with Crippen LogP contribution in [0.15, 0.2) is 29.2 Å². The number of hydrogen-bond acceptors (Lipinski definition) is 5. The quantitative estimate of drug-likeness (QED) is 0.363. The van der Waals surface area contributed by atoms with Crippen LogP contribution in [0.2, 0.25) is 0 Å². The lowest BCUT2D eigenvalue weighted by molar-refractivity contribution is -0.447. The van der Waals surface area contributed by atoms with Gasteiger partial charge in [-0.1, -0.05) is 17.2 Å². The van der Waals surface area contributed by atoms with E-state index < -0.39 is 0 Å². The number of rotatable bonds is 5. The van der Waals surface area contributed by atoms with Gasteiger partial charge in [-0.2, -0.15) is 0 Å². The molecule has 15 heavy (non-hydrogen) atoms. The number of carbonyl (C=O) groups excluding carboxylic acids is 1. The molecule has 0 radical (unpaired) electrons. The van der Waals surface area contributed by atoms with Gasteiger partial charge in [-0.15, -0.1) is 4.33 Å². The summed E-state index contributed by atoms with van der Waals surface area (Å²) in [4.78, 5) is 15.9. The highest BCUT2D eigenvalue weighted by atomic mass is 32.2. The fourth-order valence-corrected chi connectivity index (χ4v) is 1.41. The fourth-order valence-electron chi connectivity index (χ4n) is 0.911. The van der Waals surface area contributed by atoms with Gasteiger partial charge in [0.15, 0.2) is 0 Å². The number of carbonyl (C=O) groups is 1. The third kappa shape index (κ3) is 4.30. The Hall–Kier alpha value is -1.08. The summed E-state index contributed by atoms with van der Waals surface area (Å²) in [5, 5.41) is 6.91. The van der Waals surface area contributed by atoms with Gasteiger partial charge in [0, 0.05) is 6.92 Å². The summed E-state index contributed by atoms with van der Waals surface area (Å²) in [5.74, 6) is -0.143. The van der Waals surface area contributed by atoms with E-state index in [1.807, 2.05) is 12.1 Å². The van der Waals surface area contributed by atoms with Gasteiger partial charge in [0.05, 0.1) is 29.7 Å². The van der Waals surface area contributed by atoms with Crippen LogP contribution in [-0.2, 0) is 19.1 Å². The summed E-state index contributed by atoms with van der Waals surface area (Å²) in [5.41, 5.74) is 0.662. The number of nitrogens with one attached hydrogen (secondary N) is 1. The van der Waals surface area contributed by atoms with Crippen LogP contribution < -0.4 is 5.32 Å². The maximum atomic E-state index is 10.9. The second-order valence-electron chi connectivity index (χ2n) is 2.56. The summed E-state index contributed by atoms with van der Waals surface area (Å²) in [6, 6.07) is 7.19. The number of benzene rings is 1. The minimum absolute atomic E-state index is 0.143. The highest BCUT2D eigenvalue weighted by Crippen LogP contribution is 2.27. The first-order valence-corrected chi connectivity index (χ1v) is 4.89. The van der Waals surface area contributed by atoms with Gasteiger partial charge in [-0.25, -0.2) is 4.89 Å². The van der Waals surface area contributed by atoms with Crippen molar-refractivity contribution in [3.8, 4) is 0 Å².